The van der Waals surface area contributed by atoms with Crippen LogP contribution in [0.3, 0.4) is 0 Å². The van der Waals surface area contributed by atoms with Crippen LogP contribution in [0.25, 0.3) is 5.57 Å². The van der Waals surface area contributed by atoms with Gasteiger partial charge in [0, 0.05) is 6.20 Å². The molecule has 0 radical (unpaired) electrons. The highest BCUT2D eigenvalue weighted by atomic mass is 16.5. The van der Waals surface area contributed by atoms with E-state index in [4.69, 9.17) is 4.74 Å². The fourth-order valence-electron chi connectivity index (χ4n) is 2.86. The van der Waals surface area contributed by atoms with Crippen LogP contribution < -0.4 is 0 Å². The molecular weight excluding hydrogens is 214 g/mol. The van der Waals surface area contributed by atoms with E-state index in [0.29, 0.717) is 5.57 Å². The highest BCUT2D eigenvalue weighted by Gasteiger charge is 2.50. The second-order valence-corrected chi connectivity index (χ2v) is 4.78. The zero-order valence-corrected chi connectivity index (χ0v) is 9.90. The number of aromatic nitrogens is 1. The van der Waals surface area contributed by atoms with Crippen molar-refractivity contribution in [3.05, 3.63) is 35.8 Å². The molecule has 1 aliphatic carbocycles. The van der Waals surface area contributed by atoms with Crippen LogP contribution in [0.2, 0.25) is 0 Å². The van der Waals surface area contributed by atoms with Crippen molar-refractivity contribution in [2.45, 2.75) is 38.2 Å². The molecule has 0 unspecified atom stereocenters. The van der Waals surface area contributed by atoms with Gasteiger partial charge in [-0.1, -0.05) is 6.07 Å². The van der Waals surface area contributed by atoms with Crippen molar-refractivity contribution in [3.63, 3.8) is 0 Å². The van der Waals surface area contributed by atoms with Gasteiger partial charge >= 0.3 is 0 Å². The van der Waals surface area contributed by atoms with Crippen molar-refractivity contribution in [3.8, 4) is 0 Å². The lowest BCUT2D eigenvalue weighted by molar-refractivity contribution is -0.128. The number of hydrogen-bond acceptors (Lipinski definition) is 3. The number of nitrogens with zero attached hydrogens (tertiary/aromatic N) is 1. The quantitative estimate of drug-likeness (QED) is 0.743. The maximum Gasteiger partial charge on any atom is 0.211 e. The van der Waals surface area contributed by atoms with Gasteiger partial charge in [-0.3, -0.25) is 9.78 Å². The van der Waals surface area contributed by atoms with Gasteiger partial charge in [-0.15, -0.1) is 0 Å². The largest absolute Gasteiger partial charge is 0.483 e. The van der Waals surface area contributed by atoms with E-state index >= 15 is 0 Å². The van der Waals surface area contributed by atoms with Crippen molar-refractivity contribution >= 4 is 11.4 Å². The van der Waals surface area contributed by atoms with Gasteiger partial charge < -0.3 is 4.74 Å². The normalized spacial score (nSPS) is 22.3. The summed E-state index contributed by atoms with van der Waals surface area (Å²) in [7, 11) is 0. The molecule has 0 aromatic carbocycles. The van der Waals surface area contributed by atoms with E-state index in [0.717, 1.165) is 37.1 Å². The molecule has 0 N–H and O–H groups in total. The summed E-state index contributed by atoms with van der Waals surface area (Å²) in [5.41, 5.74) is 0.850. The lowest BCUT2D eigenvalue weighted by Crippen LogP contribution is -2.33. The topological polar surface area (TPSA) is 39.2 Å². The molecule has 1 saturated carbocycles. The molecule has 1 aromatic heterocycles. The summed E-state index contributed by atoms with van der Waals surface area (Å²) in [6.07, 6.45) is 5.56. The van der Waals surface area contributed by atoms with Crippen LogP contribution in [-0.2, 0) is 9.53 Å². The van der Waals surface area contributed by atoms with Gasteiger partial charge in [-0.2, -0.15) is 0 Å². The standard InChI is InChI=1S/C14H15NO2/c1-10-12(11-6-2-5-9-15-11)13(16)14(17-10)7-3-4-8-14/h2,5-6,9H,3-4,7-8H2,1H3. The van der Waals surface area contributed by atoms with Gasteiger partial charge in [0.1, 0.15) is 5.76 Å². The minimum absolute atomic E-state index is 0.131. The molecule has 17 heavy (non-hydrogen) atoms. The third kappa shape index (κ3) is 1.49. The maximum atomic E-state index is 12.5. The lowest BCUT2D eigenvalue weighted by atomic mass is 9.92. The van der Waals surface area contributed by atoms with Crippen LogP contribution in [0.4, 0.5) is 0 Å². The molecule has 0 atom stereocenters. The Balaban J connectivity index is 2.01. The number of carbonyl (C=O) groups excluding carboxylic acids is 1. The molecule has 3 nitrogen and oxygen atoms in total. The summed E-state index contributed by atoms with van der Waals surface area (Å²) in [5, 5.41) is 0. The Kier molecular flexibility index (Phi) is 2.28. The second kappa shape index (κ2) is 3.69. The molecule has 0 amide bonds. The summed E-state index contributed by atoms with van der Waals surface area (Å²) >= 11 is 0. The first kappa shape index (κ1) is 10.5. The van der Waals surface area contributed by atoms with Gasteiger partial charge in [-0.05, 0) is 44.7 Å². The Morgan fingerprint density at radius 3 is 2.71 bits per heavy atom. The van der Waals surface area contributed by atoms with Crippen LogP contribution in [0, 0.1) is 0 Å². The summed E-state index contributed by atoms with van der Waals surface area (Å²) in [4.78, 5) is 16.8. The molecule has 1 fully saturated rings. The van der Waals surface area contributed by atoms with Crippen LogP contribution in [0.15, 0.2) is 30.2 Å². The average molecular weight is 229 g/mol. The van der Waals surface area contributed by atoms with E-state index in [1.165, 1.54) is 0 Å². The number of ketones is 1. The Hall–Kier alpha value is -1.64. The molecule has 2 heterocycles. The number of pyridine rings is 1. The molecule has 1 aliphatic heterocycles. The molecule has 1 aromatic rings. The minimum atomic E-state index is -0.559. The number of Topliss-reactive ketones (excluding diaryl/α,β-unsaturated/α-hetero) is 1. The third-order valence-electron chi connectivity index (χ3n) is 3.67. The predicted molar refractivity (Wildman–Crippen MR) is 64.1 cm³/mol. The number of rotatable bonds is 1. The molecule has 2 aliphatic rings. The van der Waals surface area contributed by atoms with E-state index in [1.54, 1.807) is 6.20 Å². The zero-order chi connectivity index (χ0) is 11.9. The van der Waals surface area contributed by atoms with E-state index < -0.39 is 5.60 Å². The van der Waals surface area contributed by atoms with Gasteiger partial charge in [0.15, 0.2) is 5.60 Å². The molecule has 88 valence electrons. The fourth-order valence-corrected chi connectivity index (χ4v) is 2.86. The number of carbonyl (C=O) groups is 1. The monoisotopic (exact) mass is 229 g/mol. The molecule has 1 spiro atoms. The maximum absolute atomic E-state index is 12.5. The van der Waals surface area contributed by atoms with Gasteiger partial charge in [0.25, 0.3) is 0 Å². The van der Waals surface area contributed by atoms with Gasteiger partial charge in [0.05, 0.1) is 11.3 Å². The van der Waals surface area contributed by atoms with Crippen molar-refractivity contribution in [1.82, 2.24) is 4.98 Å². The molecule has 0 bridgehead atoms. The van der Waals surface area contributed by atoms with Crippen LogP contribution in [0.5, 0.6) is 0 Å². The van der Waals surface area contributed by atoms with E-state index in [9.17, 15) is 4.79 Å². The third-order valence-corrected chi connectivity index (χ3v) is 3.67. The Labute approximate surface area is 101 Å². The average Bonchev–Trinajstić information content (AvgIpc) is 2.88. The Morgan fingerprint density at radius 2 is 2.06 bits per heavy atom. The summed E-state index contributed by atoms with van der Waals surface area (Å²) in [6, 6.07) is 5.62. The highest BCUT2D eigenvalue weighted by molar-refractivity contribution is 6.26. The minimum Gasteiger partial charge on any atom is -0.483 e. The summed E-state index contributed by atoms with van der Waals surface area (Å²) in [5.74, 6) is 0.863. The molecule has 3 heteroatoms. The van der Waals surface area contributed by atoms with Crippen LogP contribution >= 0.6 is 0 Å². The first-order valence-corrected chi connectivity index (χ1v) is 6.09. The van der Waals surface area contributed by atoms with Crippen molar-refractivity contribution in [2.24, 2.45) is 0 Å². The Bertz CT molecular complexity index is 484. The van der Waals surface area contributed by atoms with Crippen molar-refractivity contribution in [1.29, 1.82) is 0 Å². The van der Waals surface area contributed by atoms with Crippen LogP contribution in [-0.4, -0.2) is 16.4 Å². The van der Waals surface area contributed by atoms with Gasteiger partial charge in [-0.25, -0.2) is 0 Å². The number of hydrogen-bond donors (Lipinski definition) is 0. The number of allylic oxidation sites excluding steroid dienone is 1. The first-order valence-electron chi connectivity index (χ1n) is 6.09. The summed E-state index contributed by atoms with van der Waals surface area (Å²) in [6.45, 7) is 1.87. The van der Waals surface area contributed by atoms with Crippen LogP contribution in [0.1, 0.15) is 38.3 Å². The van der Waals surface area contributed by atoms with Gasteiger partial charge in [0.2, 0.25) is 5.78 Å². The first-order chi connectivity index (χ1) is 8.23. The van der Waals surface area contributed by atoms with E-state index in [1.807, 2.05) is 25.1 Å². The van der Waals surface area contributed by atoms with Crippen molar-refractivity contribution < 1.29 is 9.53 Å². The van der Waals surface area contributed by atoms with E-state index in [2.05, 4.69) is 4.98 Å². The molecular formula is C14H15NO2. The smallest absolute Gasteiger partial charge is 0.211 e. The lowest BCUT2D eigenvalue weighted by Gasteiger charge is -2.21. The molecule has 3 rings (SSSR count). The SMILES string of the molecule is CC1=C(c2ccccn2)C(=O)C2(CCCC2)O1. The fraction of sp³-hybridized carbons (Fsp3) is 0.429. The molecule has 0 saturated heterocycles. The second-order valence-electron chi connectivity index (χ2n) is 4.78. The Morgan fingerprint density at radius 1 is 1.29 bits per heavy atom. The van der Waals surface area contributed by atoms with Crippen molar-refractivity contribution in [2.75, 3.05) is 0 Å². The summed E-state index contributed by atoms with van der Waals surface area (Å²) < 4.78 is 5.88. The highest BCUT2D eigenvalue weighted by Crippen LogP contribution is 2.45. The van der Waals surface area contributed by atoms with E-state index in [-0.39, 0.29) is 5.78 Å². The predicted octanol–water partition coefficient (Wildman–Crippen LogP) is 2.72. The number of ether oxygens (including phenoxy) is 1. The zero-order valence-electron chi connectivity index (χ0n) is 9.90.